The van der Waals surface area contributed by atoms with Gasteiger partial charge in [0.15, 0.2) is 11.5 Å². The van der Waals surface area contributed by atoms with Gasteiger partial charge in [0.25, 0.3) is 5.91 Å². The third-order valence-corrected chi connectivity index (χ3v) is 5.63. The number of aliphatic hydroxyl groups excluding tert-OH is 1. The predicted octanol–water partition coefficient (Wildman–Crippen LogP) is 4.96. The molecule has 1 aliphatic rings. The molecule has 3 rings (SSSR count). The maximum absolute atomic E-state index is 13.1. The molecule has 0 fully saturated rings. The van der Waals surface area contributed by atoms with E-state index in [9.17, 15) is 19.5 Å². The van der Waals surface area contributed by atoms with E-state index in [2.05, 4.69) is 0 Å². The Bertz CT molecular complexity index is 1060. The molecule has 1 aliphatic heterocycles. The summed E-state index contributed by atoms with van der Waals surface area (Å²) in [7, 11) is 0. The molecule has 0 unspecified atom stereocenters. The van der Waals surface area contributed by atoms with Crippen LogP contribution in [-0.4, -0.2) is 39.3 Å². The van der Waals surface area contributed by atoms with Crippen molar-refractivity contribution < 1.29 is 24.6 Å². The van der Waals surface area contributed by atoms with Crippen molar-refractivity contribution in [3.8, 4) is 0 Å². The third kappa shape index (κ3) is 5.45. The number of rotatable bonds is 10. The van der Waals surface area contributed by atoms with Gasteiger partial charge in [0.05, 0.1) is 11.6 Å². The van der Waals surface area contributed by atoms with Crippen molar-refractivity contribution >= 4 is 35.3 Å². The van der Waals surface area contributed by atoms with Crippen LogP contribution in [0.25, 0.3) is 6.08 Å². The molecular formula is C25H24ClNO5. The summed E-state index contributed by atoms with van der Waals surface area (Å²) in [6, 6.07) is 15.3. The summed E-state index contributed by atoms with van der Waals surface area (Å²) in [6.07, 6.45) is 4.65. The van der Waals surface area contributed by atoms with Gasteiger partial charge in [0, 0.05) is 18.0 Å². The van der Waals surface area contributed by atoms with Crippen molar-refractivity contribution in [3.63, 3.8) is 0 Å². The number of aliphatic hydroxyl groups is 1. The first-order valence-electron chi connectivity index (χ1n) is 10.4. The van der Waals surface area contributed by atoms with Crippen LogP contribution in [0.3, 0.4) is 0 Å². The first-order valence-corrected chi connectivity index (χ1v) is 10.8. The fourth-order valence-electron chi connectivity index (χ4n) is 3.72. The summed E-state index contributed by atoms with van der Waals surface area (Å²) >= 11 is 6.39. The number of nitrogens with zero attached hydrogens (tertiary/aromatic N) is 1. The summed E-state index contributed by atoms with van der Waals surface area (Å²) in [4.78, 5) is 38.1. The van der Waals surface area contributed by atoms with E-state index in [1.807, 2.05) is 30.3 Å². The zero-order chi connectivity index (χ0) is 23.1. The first-order chi connectivity index (χ1) is 15.4. The topological polar surface area (TPSA) is 94.9 Å². The Morgan fingerprint density at radius 1 is 1.00 bits per heavy atom. The number of aliphatic carboxylic acids is 1. The number of unbranched alkanes of at least 4 members (excludes halogenated alkanes) is 2. The molecule has 0 saturated carbocycles. The van der Waals surface area contributed by atoms with Gasteiger partial charge in [-0.2, -0.15) is 0 Å². The first kappa shape index (κ1) is 23.3. The van der Waals surface area contributed by atoms with Gasteiger partial charge in [-0.05, 0) is 36.1 Å². The number of carbonyl (C=O) groups is 3. The van der Waals surface area contributed by atoms with Gasteiger partial charge >= 0.3 is 5.97 Å². The van der Waals surface area contributed by atoms with Gasteiger partial charge in [-0.3, -0.25) is 14.4 Å². The van der Waals surface area contributed by atoms with Crippen molar-refractivity contribution in [3.05, 3.63) is 88.2 Å². The standard InChI is InChI=1S/C25H24ClNO5/c26-19-12-7-6-11-18(19)23-22(20(28)15-14-17-9-3-1-4-10-17)24(31)25(32)27(23)16-8-2-5-13-21(29)30/h1,3-4,6-7,9-12,14-15,23,31H,2,5,8,13,16H2,(H,29,30)/b15-14+/t23-/m1/s1. The van der Waals surface area contributed by atoms with Crippen LogP contribution in [0.2, 0.25) is 5.02 Å². The van der Waals surface area contributed by atoms with Gasteiger partial charge in [-0.25, -0.2) is 0 Å². The molecule has 2 aromatic rings. The molecule has 1 heterocycles. The molecule has 1 atom stereocenters. The Hall–Kier alpha value is -3.38. The fraction of sp³-hybridized carbons (Fsp3) is 0.240. The average Bonchev–Trinajstić information content (AvgIpc) is 3.03. The van der Waals surface area contributed by atoms with Crippen LogP contribution in [0.1, 0.15) is 42.9 Å². The second-order valence-corrected chi connectivity index (χ2v) is 7.90. The molecule has 0 aliphatic carbocycles. The SMILES string of the molecule is O=C(O)CCCCCN1C(=O)C(O)=C(C(=O)/C=C/c2ccccc2)[C@H]1c1ccccc1Cl. The van der Waals surface area contributed by atoms with Crippen molar-refractivity contribution in [1.82, 2.24) is 4.90 Å². The average molecular weight is 454 g/mol. The van der Waals surface area contributed by atoms with Gasteiger partial charge in [-0.1, -0.05) is 72.6 Å². The van der Waals surface area contributed by atoms with E-state index < -0.39 is 29.5 Å². The molecule has 7 heteroatoms. The highest BCUT2D eigenvalue weighted by Gasteiger charge is 2.43. The quantitative estimate of drug-likeness (QED) is 0.391. The van der Waals surface area contributed by atoms with Gasteiger partial charge in [-0.15, -0.1) is 0 Å². The number of carbonyl (C=O) groups excluding carboxylic acids is 2. The Kier molecular flexibility index (Phi) is 7.84. The van der Waals surface area contributed by atoms with Crippen molar-refractivity contribution in [2.75, 3.05) is 6.54 Å². The van der Waals surface area contributed by atoms with Crippen LogP contribution in [0, 0.1) is 0 Å². The smallest absolute Gasteiger partial charge is 0.303 e. The van der Waals surface area contributed by atoms with Crippen molar-refractivity contribution in [2.45, 2.75) is 31.7 Å². The van der Waals surface area contributed by atoms with Crippen LogP contribution >= 0.6 is 11.6 Å². The Morgan fingerprint density at radius 2 is 1.69 bits per heavy atom. The molecule has 2 N–H and O–H groups in total. The number of hydrogen-bond donors (Lipinski definition) is 2. The molecule has 32 heavy (non-hydrogen) atoms. The molecule has 0 spiro atoms. The lowest BCUT2D eigenvalue weighted by molar-refractivity contribution is -0.137. The minimum Gasteiger partial charge on any atom is -0.503 e. The number of carboxylic acid groups (broad SMARTS) is 1. The van der Waals surface area contributed by atoms with Crippen LogP contribution in [0.15, 0.2) is 72.0 Å². The summed E-state index contributed by atoms with van der Waals surface area (Å²) < 4.78 is 0. The molecule has 2 aromatic carbocycles. The lowest BCUT2D eigenvalue weighted by atomic mass is 9.95. The monoisotopic (exact) mass is 453 g/mol. The lowest BCUT2D eigenvalue weighted by Crippen LogP contribution is -2.32. The van der Waals surface area contributed by atoms with Crippen molar-refractivity contribution in [2.24, 2.45) is 0 Å². The molecule has 166 valence electrons. The lowest BCUT2D eigenvalue weighted by Gasteiger charge is -2.27. The molecule has 0 aromatic heterocycles. The van der Waals surface area contributed by atoms with E-state index in [1.165, 1.54) is 11.0 Å². The summed E-state index contributed by atoms with van der Waals surface area (Å²) in [5, 5.41) is 19.8. The second kappa shape index (κ2) is 10.8. The van der Waals surface area contributed by atoms with E-state index in [0.717, 1.165) is 5.56 Å². The molecule has 0 radical (unpaired) electrons. The number of benzene rings is 2. The van der Waals surface area contributed by atoms with E-state index >= 15 is 0 Å². The molecule has 6 nitrogen and oxygen atoms in total. The maximum Gasteiger partial charge on any atom is 0.303 e. The third-order valence-electron chi connectivity index (χ3n) is 5.29. The van der Waals surface area contributed by atoms with Crippen LogP contribution in [0.4, 0.5) is 0 Å². The second-order valence-electron chi connectivity index (χ2n) is 7.50. The zero-order valence-corrected chi connectivity index (χ0v) is 18.2. The van der Waals surface area contributed by atoms with Gasteiger partial charge in [0.2, 0.25) is 0 Å². The largest absolute Gasteiger partial charge is 0.503 e. The number of allylic oxidation sites excluding steroid dienone is 1. The molecule has 0 bridgehead atoms. The van der Waals surface area contributed by atoms with Crippen molar-refractivity contribution in [1.29, 1.82) is 0 Å². The zero-order valence-electron chi connectivity index (χ0n) is 17.4. The minimum absolute atomic E-state index is 0.0131. The highest BCUT2D eigenvalue weighted by Crippen LogP contribution is 2.40. The highest BCUT2D eigenvalue weighted by atomic mass is 35.5. The number of amides is 1. The number of halogens is 1. The van der Waals surface area contributed by atoms with Crippen LogP contribution in [-0.2, 0) is 14.4 Å². The number of ketones is 1. The Labute approximate surface area is 191 Å². The van der Waals surface area contributed by atoms with E-state index in [-0.39, 0.29) is 18.5 Å². The van der Waals surface area contributed by atoms with E-state index in [0.29, 0.717) is 29.8 Å². The van der Waals surface area contributed by atoms with Gasteiger partial charge in [0.1, 0.15) is 0 Å². The maximum atomic E-state index is 13.1. The predicted molar refractivity (Wildman–Crippen MR) is 122 cm³/mol. The summed E-state index contributed by atoms with van der Waals surface area (Å²) in [6.45, 7) is 0.261. The van der Waals surface area contributed by atoms with E-state index in [1.54, 1.807) is 30.3 Å². The molecule has 0 saturated heterocycles. The molecular weight excluding hydrogens is 430 g/mol. The Morgan fingerprint density at radius 3 is 2.38 bits per heavy atom. The molecule has 1 amide bonds. The summed E-state index contributed by atoms with van der Waals surface area (Å²) in [5.41, 5.74) is 1.35. The Balaban J connectivity index is 1.87. The van der Waals surface area contributed by atoms with Gasteiger partial charge < -0.3 is 15.1 Å². The number of carboxylic acids is 1. The van der Waals surface area contributed by atoms with Crippen LogP contribution < -0.4 is 0 Å². The van der Waals surface area contributed by atoms with E-state index in [4.69, 9.17) is 16.7 Å². The normalized spacial score (nSPS) is 16.2. The fourth-order valence-corrected chi connectivity index (χ4v) is 3.96. The number of hydrogen-bond acceptors (Lipinski definition) is 4. The summed E-state index contributed by atoms with van der Waals surface area (Å²) in [5.74, 6) is -2.56. The van der Waals surface area contributed by atoms with Crippen LogP contribution in [0.5, 0.6) is 0 Å². The minimum atomic E-state index is -0.867. The highest BCUT2D eigenvalue weighted by molar-refractivity contribution is 6.31.